The van der Waals surface area contributed by atoms with Crippen molar-refractivity contribution in [2.75, 3.05) is 29.9 Å². The molecule has 0 unspecified atom stereocenters. The van der Waals surface area contributed by atoms with Gasteiger partial charge in [-0.05, 0) is 0 Å². The Morgan fingerprint density at radius 3 is 2.95 bits per heavy atom. The van der Waals surface area contributed by atoms with Gasteiger partial charge in [0.05, 0.1) is 0 Å². The third-order valence-corrected chi connectivity index (χ3v) is 5.89. The van der Waals surface area contributed by atoms with Gasteiger partial charge in [0, 0.05) is 0 Å². The number of hydrogen-bond acceptors (Lipinski definition) is 4. The maximum atomic E-state index is 12.1. The molecule has 1 aromatic heterocycles. The fourth-order valence-corrected chi connectivity index (χ4v) is 3.85. The Kier molecular flexibility index (Phi) is 5.73. The van der Waals surface area contributed by atoms with Crippen molar-refractivity contribution in [1.82, 2.24) is 10.2 Å². The van der Waals surface area contributed by atoms with Crippen LogP contribution in [0.1, 0.15) is 19.3 Å². The van der Waals surface area contributed by atoms with Gasteiger partial charge < -0.3 is 0 Å². The minimum absolute atomic E-state index is 0.0425. The van der Waals surface area contributed by atoms with Crippen molar-refractivity contribution in [3.05, 3.63) is 12.3 Å². The molecule has 0 bridgehead atoms. The molecule has 1 N–H and O–H groups in total. The van der Waals surface area contributed by atoms with Crippen LogP contribution in [0, 0.1) is 0 Å². The van der Waals surface area contributed by atoms with Gasteiger partial charge in [-0.2, -0.15) is 0 Å². The monoisotopic (exact) mass is 363 g/mol. The van der Waals surface area contributed by atoms with Crippen molar-refractivity contribution in [2.45, 2.75) is 35.9 Å². The molecule has 4 nitrogen and oxygen atoms in total. The Morgan fingerprint density at radius 1 is 1.48 bits per heavy atom. The minimum atomic E-state index is -4.09. The van der Waals surface area contributed by atoms with Crippen molar-refractivity contribution in [2.24, 2.45) is 0 Å². The number of alkyl halides is 3. The van der Waals surface area contributed by atoms with Crippen LogP contribution in [-0.4, -0.2) is 51.8 Å². The Hall–Kier alpha value is -0.972. The van der Waals surface area contributed by atoms with Gasteiger partial charge in [-0.3, -0.25) is 0 Å². The Labute approximate surface area is 129 Å². The van der Waals surface area contributed by atoms with E-state index in [0.717, 1.165) is 23.5 Å². The first-order valence-corrected chi connectivity index (χ1v) is 9.91. The SMILES string of the molecule is C[As][C@@H]1CCN(c2cnnc(NCCCC(F)(F)F)c2)C1. The van der Waals surface area contributed by atoms with Crippen molar-refractivity contribution in [3.63, 3.8) is 0 Å². The van der Waals surface area contributed by atoms with Crippen LogP contribution < -0.4 is 10.2 Å². The molecular weight excluding hydrogens is 344 g/mol. The van der Waals surface area contributed by atoms with Gasteiger partial charge >= 0.3 is 129 Å². The normalized spacial score (nSPS) is 19.6. The zero-order valence-electron chi connectivity index (χ0n) is 11.9. The van der Waals surface area contributed by atoms with Crippen molar-refractivity contribution in [1.29, 1.82) is 0 Å². The Morgan fingerprint density at radius 2 is 2.29 bits per heavy atom. The van der Waals surface area contributed by atoms with E-state index in [1.54, 1.807) is 6.20 Å². The number of nitrogens with zero attached hydrogens (tertiary/aromatic N) is 3. The van der Waals surface area contributed by atoms with E-state index >= 15 is 0 Å². The quantitative estimate of drug-likeness (QED) is 0.623. The molecule has 0 aliphatic carbocycles. The molecule has 1 saturated heterocycles. The summed E-state index contributed by atoms with van der Waals surface area (Å²) in [6, 6.07) is 1.87. The van der Waals surface area contributed by atoms with Crippen LogP contribution in [0.25, 0.3) is 0 Å². The van der Waals surface area contributed by atoms with Crippen LogP contribution in [0.2, 0.25) is 10.4 Å². The molecule has 1 fully saturated rings. The third-order valence-electron chi connectivity index (χ3n) is 3.48. The van der Waals surface area contributed by atoms with E-state index in [1.165, 1.54) is 6.42 Å². The summed E-state index contributed by atoms with van der Waals surface area (Å²) in [5.41, 5.74) is 3.28. The molecule has 0 spiro atoms. The van der Waals surface area contributed by atoms with Gasteiger partial charge in [0.2, 0.25) is 0 Å². The second-order valence-electron chi connectivity index (χ2n) is 5.09. The molecule has 0 aromatic carbocycles. The first kappa shape index (κ1) is 16.4. The molecule has 0 saturated carbocycles. The average molecular weight is 363 g/mol. The van der Waals surface area contributed by atoms with Crippen LogP contribution in [0.3, 0.4) is 0 Å². The first-order chi connectivity index (χ1) is 9.98. The molecular formula is C13H19AsF3N4. The van der Waals surface area contributed by atoms with Gasteiger partial charge in [0.1, 0.15) is 0 Å². The van der Waals surface area contributed by atoms with E-state index in [2.05, 4.69) is 26.1 Å². The fraction of sp³-hybridized carbons (Fsp3) is 0.692. The fourth-order valence-electron chi connectivity index (χ4n) is 2.31. The maximum absolute atomic E-state index is 12.1. The van der Waals surface area contributed by atoms with Gasteiger partial charge in [0.25, 0.3) is 0 Å². The first-order valence-electron chi connectivity index (χ1n) is 6.95. The molecule has 1 atom stereocenters. The number of halogens is 3. The topological polar surface area (TPSA) is 41.1 Å². The van der Waals surface area contributed by atoms with E-state index in [-0.39, 0.29) is 13.0 Å². The summed E-state index contributed by atoms with van der Waals surface area (Å²) < 4.78 is 37.0. The summed E-state index contributed by atoms with van der Waals surface area (Å²) in [7, 11) is 0. The van der Waals surface area contributed by atoms with Gasteiger partial charge in [-0.15, -0.1) is 0 Å². The number of anilines is 2. The molecule has 117 valence electrons. The molecule has 1 radical (unpaired) electrons. The molecule has 0 amide bonds. The number of hydrogen-bond donors (Lipinski definition) is 1. The Balaban J connectivity index is 1.84. The molecule has 21 heavy (non-hydrogen) atoms. The van der Waals surface area contributed by atoms with E-state index in [1.807, 2.05) is 6.07 Å². The molecule has 8 heteroatoms. The summed E-state index contributed by atoms with van der Waals surface area (Å²) in [6.07, 6.45) is -1.90. The molecule has 1 aromatic rings. The van der Waals surface area contributed by atoms with E-state index in [9.17, 15) is 13.2 Å². The predicted octanol–water partition coefficient (Wildman–Crippen LogP) is 2.98. The van der Waals surface area contributed by atoms with Gasteiger partial charge in [0.15, 0.2) is 0 Å². The standard InChI is InChI=1S/C13H19AsF3N4/c1-14-10-3-6-21(9-10)11-7-12(20-19-8-11)18-5-2-4-13(15,16)17/h7-8,10H,2-6,9H2,1H3,(H,18,20)/t10-/m1/s1. The summed E-state index contributed by atoms with van der Waals surface area (Å²) >= 11 is 0.388. The third kappa shape index (κ3) is 5.38. The zero-order chi connectivity index (χ0) is 15.3. The van der Waals surface area contributed by atoms with Crippen molar-refractivity contribution < 1.29 is 13.2 Å². The van der Waals surface area contributed by atoms with Crippen LogP contribution >= 0.6 is 0 Å². The molecule has 1 aliphatic heterocycles. The van der Waals surface area contributed by atoms with Crippen molar-refractivity contribution in [3.8, 4) is 0 Å². The van der Waals surface area contributed by atoms with Gasteiger partial charge in [-0.1, -0.05) is 0 Å². The summed E-state index contributed by atoms with van der Waals surface area (Å²) in [5.74, 6) is 0.544. The number of aromatic nitrogens is 2. The number of nitrogens with one attached hydrogen (secondary N) is 1. The van der Waals surface area contributed by atoms with Crippen LogP contribution in [0.4, 0.5) is 24.7 Å². The summed E-state index contributed by atoms with van der Waals surface area (Å²) in [6.45, 7) is 2.32. The second kappa shape index (κ2) is 7.34. The molecule has 1 aliphatic rings. The van der Waals surface area contributed by atoms with E-state index in [0.29, 0.717) is 21.6 Å². The second-order valence-corrected chi connectivity index (χ2v) is 7.71. The van der Waals surface area contributed by atoms with Crippen LogP contribution in [0.5, 0.6) is 0 Å². The molecule has 2 heterocycles. The predicted molar refractivity (Wildman–Crippen MR) is 78.0 cm³/mol. The van der Waals surface area contributed by atoms with E-state index < -0.39 is 12.6 Å². The summed E-state index contributed by atoms with van der Waals surface area (Å²) in [4.78, 5) is 2.28. The Bertz CT molecular complexity index is 455. The zero-order valence-corrected chi connectivity index (χ0v) is 13.8. The molecule has 2 rings (SSSR count). The van der Waals surface area contributed by atoms with Gasteiger partial charge in [-0.25, -0.2) is 0 Å². The van der Waals surface area contributed by atoms with E-state index in [4.69, 9.17) is 0 Å². The van der Waals surface area contributed by atoms with Crippen molar-refractivity contribution >= 4 is 27.3 Å². The van der Waals surface area contributed by atoms with Crippen LogP contribution in [-0.2, 0) is 0 Å². The average Bonchev–Trinajstić information content (AvgIpc) is 2.92. The number of rotatable bonds is 6. The summed E-state index contributed by atoms with van der Waals surface area (Å²) in [5, 5.41) is 10.8. The van der Waals surface area contributed by atoms with Crippen LogP contribution in [0.15, 0.2) is 12.3 Å².